The van der Waals surface area contributed by atoms with Crippen molar-refractivity contribution in [3.63, 3.8) is 0 Å². The van der Waals surface area contributed by atoms with E-state index in [0.29, 0.717) is 0 Å². The molecule has 0 saturated heterocycles. The number of rotatable bonds is 51. The molecule has 0 spiro atoms. The first kappa shape index (κ1) is 77.0. The predicted octanol–water partition coefficient (Wildman–Crippen LogP) is 26.8. The number of unbranched alkanes of at least 4 members (excludes halogenated alkanes) is 39. The van der Waals surface area contributed by atoms with Gasteiger partial charge in [-0.25, -0.2) is 4.70 Å². The van der Waals surface area contributed by atoms with Crippen LogP contribution < -0.4 is 0 Å². The van der Waals surface area contributed by atoms with Crippen LogP contribution in [0.3, 0.4) is 0 Å². The zero-order chi connectivity index (χ0) is 56.8. The fourth-order valence-electron chi connectivity index (χ4n) is 11.4. The molecule has 0 amide bonds. The Balaban J connectivity index is 0.00000131. The molecule has 1 aliphatic heterocycles. The summed E-state index contributed by atoms with van der Waals surface area (Å²) in [7, 11) is 0. The van der Waals surface area contributed by atoms with Gasteiger partial charge in [0.05, 0.1) is 0 Å². The molecule has 2 aromatic carbocycles. The molecule has 2 nitrogen and oxygen atoms in total. The molecule has 1 aliphatic rings. The predicted molar refractivity (Wildman–Crippen MR) is 354 cm³/mol. The van der Waals surface area contributed by atoms with E-state index in [2.05, 4.69) is 105 Å². The van der Waals surface area contributed by atoms with Crippen molar-refractivity contribution in [3.8, 4) is 0 Å². The zero-order valence-corrected chi connectivity index (χ0v) is 55.2. The minimum absolute atomic E-state index is 0. The van der Waals surface area contributed by atoms with E-state index in [0.717, 1.165) is 61.9 Å². The van der Waals surface area contributed by atoms with E-state index in [1.54, 1.807) is 4.70 Å². The van der Waals surface area contributed by atoms with Gasteiger partial charge in [0.15, 0.2) is 0 Å². The standard InChI is InChI=1S/C38H56N2.2C19H39.Ni/c1-6-11-16-17-22-34-29-37(35-25-30(18-12-7-2)23-31(26-35)19-13-8-3)40(39)38(34)36-27-32(20-14-9-4)24-33(28-36)21-15-10-5;2*1-3-5-7-9-11-13-15-17-19-18-16-14-12-10-8-6-4-2;/h23-29H,6-22H2,1-5H3;2*1,3-19H2,2H3;/q;2*-1;+2. The smallest absolute Gasteiger partial charge is 0.493 e. The molecular formula is C76H134N2Ni. The molecule has 3 heteroatoms. The molecule has 2 aromatic rings. The van der Waals surface area contributed by atoms with Crippen LogP contribution in [-0.2, 0) is 42.2 Å². The number of benzene rings is 2. The Bertz CT molecular complexity index is 1600. The van der Waals surface area contributed by atoms with E-state index < -0.39 is 0 Å². The van der Waals surface area contributed by atoms with Gasteiger partial charge in [-0.3, -0.25) is 0 Å². The van der Waals surface area contributed by atoms with E-state index in [-0.39, 0.29) is 16.5 Å². The minimum Gasteiger partial charge on any atom is -0.493 e. The van der Waals surface area contributed by atoms with Crippen LogP contribution in [0.2, 0.25) is 0 Å². The van der Waals surface area contributed by atoms with Crippen molar-refractivity contribution in [2.75, 3.05) is 0 Å². The van der Waals surface area contributed by atoms with Crippen LogP contribution in [0.25, 0.3) is 16.9 Å². The van der Waals surface area contributed by atoms with Crippen LogP contribution in [0.5, 0.6) is 0 Å². The first-order valence-electron chi connectivity index (χ1n) is 35.2. The maximum Gasteiger partial charge on any atom is 2.00 e. The van der Waals surface area contributed by atoms with Crippen LogP contribution in [0.1, 0.15) is 384 Å². The van der Waals surface area contributed by atoms with E-state index in [1.165, 1.54) is 316 Å². The average molecular weight is 1130 g/mol. The van der Waals surface area contributed by atoms with E-state index >= 15 is 0 Å². The maximum atomic E-state index is 11.9. The fraction of sp³-hybridized carbons (Fsp3) is 0.763. The monoisotopic (exact) mass is 1130 g/mol. The Labute approximate surface area is 506 Å². The Kier molecular flexibility index (Phi) is 56.4. The van der Waals surface area contributed by atoms with Gasteiger partial charge in [-0.05, 0) is 111 Å². The van der Waals surface area contributed by atoms with Gasteiger partial charge in [0.25, 0.3) is 0 Å². The maximum absolute atomic E-state index is 11.9. The Morgan fingerprint density at radius 1 is 0.291 bits per heavy atom. The van der Waals surface area contributed by atoms with Gasteiger partial charge >= 0.3 is 16.5 Å². The molecule has 3 rings (SSSR count). The van der Waals surface area contributed by atoms with Crippen molar-refractivity contribution in [1.82, 2.24) is 0 Å². The minimum atomic E-state index is 0. The van der Waals surface area contributed by atoms with Crippen molar-refractivity contribution in [2.24, 2.45) is 0 Å². The van der Waals surface area contributed by atoms with Gasteiger partial charge in [-0.2, -0.15) is 12.8 Å². The molecule has 0 N–H and O–H groups in total. The quantitative estimate of drug-likeness (QED) is 0.0273. The van der Waals surface area contributed by atoms with Crippen molar-refractivity contribution in [1.29, 1.82) is 0 Å². The van der Waals surface area contributed by atoms with Crippen LogP contribution >= 0.6 is 0 Å². The SMILES string of the molecule is CCCCCCC1=C(c2cc(CCCC)cc(CCCC)c2)[N+](=[N-])C(c2cc(CCCC)cc(CCCC)c2)=C1.[CH2-]CCCCCCCCCCCCCCCCCC.[CH2-]CCCCCCCCCCCCCCCCCC.[Ni+2]. The number of nitrogens with zero attached hydrogens (tertiary/aromatic N) is 2. The normalized spacial score (nSPS) is 12.1. The largest absolute Gasteiger partial charge is 2.00 e. The Morgan fingerprint density at radius 2 is 0.532 bits per heavy atom. The second-order valence-corrected chi connectivity index (χ2v) is 24.3. The van der Waals surface area contributed by atoms with Crippen molar-refractivity contribution in [3.05, 3.63) is 101 Å². The molecule has 79 heavy (non-hydrogen) atoms. The molecule has 0 unspecified atom stereocenters. The summed E-state index contributed by atoms with van der Waals surface area (Å²) in [6, 6.07) is 14.2. The summed E-state index contributed by atoms with van der Waals surface area (Å²) in [5.41, 5.74) is 23.1. The molecule has 0 fully saturated rings. The van der Waals surface area contributed by atoms with Gasteiger partial charge < -0.3 is 19.4 Å². The second-order valence-electron chi connectivity index (χ2n) is 24.3. The number of allylic oxidation sites excluding steroid dienone is 2. The van der Waals surface area contributed by atoms with Gasteiger partial charge in [-0.15, -0.1) is 0 Å². The van der Waals surface area contributed by atoms with Crippen molar-refractivity contribution >= 4 is 11.4 Å². The summed E-state index contributed by atoms with van der Waals surface area (Å²) in [5.74, 6) is 0. The molecule has 458 valence electrons. The van der Waals surface area contributed by atoms with E-state index in [9.17, 15) is 5.53 Å². The first-order valence-corrected chi connectivity index (χ1v) is 35.2. The van der Waals surface area contributed by atoms with Crippen LogP contribution in [0.15, 0.2) is 48.0 Å². The summed E-state index contributed by atoms with van der Waals surface area (Å²) in [6.07, 6.45) is 70.9. The number of aryl methyl sites for hydroxylation is 4. The second kappa shape index (κ2) is 57.8. The van der Waals surface area contributed by atoms with Crippen LogP contribution in [0, 0.1) is 13.8 Å². The molecule has 0 atom stereocenters. The third-order valence-electron chi connectivity index (χ3n) is 16.5. The summed E-state index contributed by atoms with van der Waals surface area (Å²) in [4.78, 5) is 0. The fourth-order valence-corrected chi connectivity index (χ4v) is 11.4. The molecule has 0 aliphatic carbocycles. The molecule has 0 saturated carbocycles. The van der Waals surface area contributed by atoms with Gasteiger partial charge in [0.2, 0.25) is 11.4 Å². The molecule has 0 aromatic heterocycles. The zero-order valence-electron chi connectivity index (χ0n) is 54.2. The summed E-state index contributed by atoms with van der Waals surface area (Å²) < 4.78 is 1.54. The summed E-state index contributed by atoms with van der Waals surface area (Å²) >= 11 is 0. The molecule has 0 bridgehead atoms. The first-order chi connectivity index (χ1) is 38.4. The van der Waals surface area contributed by atoms with Crippen LogP contribution in [-0.4, -0.2) is 4.70 Å². The van der Waals surface area contributed by atoms with Gasteiger partial charge in [0.1, 0.15) is 0 Å². The van der Waals surface area contributed by atoms with E-state index in [1.807, 2.05) is 0 Å². The molecule has 1 heterocycles. The third kappa shape index (κ3) is 41.6. The third-order valence-corrected chi connectivity index (χ3v) is 16.5. The van der Waals surface area contributed by atoms with Crippen LogP contribution in [0.4, 0.5) is 0 Å². The average Bonchev–Trinajstić information content (AvgIpc) is 3.83. The van der Waals surface area contributed by atoms with E-state index in [4.69, 9.17) is 0 Å². The topological polar surface area (TPSA) is 25.3 Å². The van der Waals surface area contributed by atoms with Gasteiger partial charge in [-0.1, -0.05) is 311 Å². The summed E-state index contributed by atoms with van der Waals surface area (Å²) in [5, 5.41) is 0. The molecule has 0 radical (unpaired) electrons. The Morgan fingerprint density at radius 3 is 0.797 bits per heavy atom. The number of hydrogen-bond acceptors (Lipinski definition) is 0. The number of hydrogen-bond donors (Lipinski definition) is 0. The van der Waals surface area contributed by atoms with Gasteiger partial charge in [0, 0.05) is 22.8 Å². The van der Waals surface area contributed by atoms with Crippen molar-refractivity contribution < 1.29 is 21.2 Å². The Hall–Kier alpha value is -1.99. The molecular weight excluding hydrogens is 1000 g/mol. The summed E-state index contributed by atoms with van der Waals surface area (Å²) in [6.45, 7) is 23.7. The van der Waals surface area contributed by atoms with Crippen molar-refractivity contribution in [2.45, 2.75) is 376 Å².